The van der Waals surface area contributed by atoms with Crippen LogP contribution in [0.2, 0.25) is 0 Å². The zero-order valence-electron chi connectivity index (χ0n) is 7.34. The Morgan fingerprint density at radius 2 is 2.33 bits per heavy atom. The summed E-state index contributed by atoms with van der Waals surface area (Å²) in [6.07, 6.45) is 2.90. The summed E-state index contributed by atoms with van der Waals surface area (Å²) in [5.41, 5.74) is 0.779. The second-order valence-corrected chi connectivity index (χ2v) is 2.75. The van der Waals surface area contributed by atoms with E-state index in [4.69, 9.17) is 0 Å². The minimum atomic E-state index is -0.198. The molecular weight excluding hydrogens is 222 g/mol. The highest BCUT2D eigenvalue weighted by Gasteiger charge is 2.14. The monoisotopic (exact) mass is 234 g/mol. The molecule has 0 radical (unpaired) electrons. The second kappa shape index (κ2) is 5.32. The Bertz CT molecular complexity index is 191. The Hall–Kier alpha value is -0.350. The first-order chi connectivity index (χ1) is 5.24. The largest absolute Gasteiger partial charge is 1.00 e. The number of likely N-dealkylation sites (N-methyl/N-ethyl adjacent to an activating group) is 1. The number of carbonyl (C=O) groups is 1. The maximum Gasteiger partial charge on any atom is 0.334 e. The molecule has 0 fully saturated rings. The van der Waals surface area contributed by atoms with Crippen LogP contribution < -0.4 is 17.0 Å². The van der Waals surface area contributed by atoms with E-state index < -0.39 is 0 Å². The lowest BCUT2D eigenvalue weighted by atomic mass is 10.1. The highest BCUT2D eigenvalue weighted by atomic mass is 79.9. The second-order valence-electron chi connectivity index (χ2n) is 2.75. The molecule has 0 saturated carbocycles. The summed E-state index contributed by atoms with van der Waals surface area (Å²) in [7, 11) is 3.41. The van der Waals surface area contributed by atoms with Crippen molar-refractivity contribution in [3.05, 3.63) is 11.6 Å². The van der Waals surface area contributed by atoms with Gasteiger partial charge in [0.05, 0.1) is 7.11 Å². The predicted molar refractivity (Wildman–Crippen MR) is 42.2 cm³/mol. The van der Waals surface area contributed by atoms with Gasteiger partial charge in [-0.15, -0.1) is 0 Å². The normalized spacial score (nSPS) is 17.7. The first-order valence-corrected chi connectivity index (χ1v) is 3.70. The molecule has 1 aliphatic rings. The number of hydrogen-bond acceptors (Lipinski definition) is 3. The van der Waals surface area contributed by atoms with E-state index in [-0.39, 0.29) is 23.0 Å². The van der Waals surface area contributed by atoms with E-state index in [0.29, 0.717) is 6.54 Å². The molecule has 0 spiro atoms. The van der Waals surface area contributed by atoms with E-state index in [1.54, 1.807) is 0 Å². The third-order valence-corrected chi connectivity index (χ3v) is 1.79. The third kappa shape index (κ3) is 2.95. The molecule has 3 nitrogen and oxygen atoms in total. The van der Waals surface area contributed by atoms with Gasteiger partial charge >= 0.3 is 5.97 Å². The summed E-state index contributed by atoms with van der Waals surface area (Å²) < 4.78 is 4.60. The molecule has 0 unspecified atom stereocenters. The molecule has 12 heavy (non-hydrogen) atoms. The summed E-state index contributed by atoms with van der Waals surface area (Å²) in [4.78, 5) is 13.1. The van der Waals surface area contributed by atoms with E-state index in [0.717, 1.165) is 18.5 Å². The standard InChI is InChI=1S/C8H13NO2.BrH/c1-9-5-3-4-7(6-9)8(10)11-2;/h4H,3,5-6H2,1-2H3;1H/p-1. The molecule has 0 aromatic carbocycles. The van der Waals surface area contributed by atoms with Crippen molar-refractivity contribution in [2.75, 3.05) is 27.2 Å². The lowest BCUT2D eigenvalue weighted by Crippen LogP contribution is -3.00. The number of halogens is 1. The molecule has 0 atom stereocenters. The molecule has 0 aromatic heterocycles. The van der Waals surface area contributed by atoms with Crippen LogP contribution in [0.4, 0.5) is 0 Å². The van der Waals surface area contributed by atoms with Crippen molar-refractivity contribution in [3.8, 4) is 0 Å². The van der Waals surface area contributed by atoms with Crippen LogP contribution in [-0.2, 0) is 9.53 Å². The molecule has 1 rings (SSSR count). The fourth-order valence-electron chi connectivity index (χ4n) is 1.17. The number of carbonyl (C=O) groups excluding carboxylic acids is 1. The van der Waals surface area contributed by atoms with Crippen LogP contribution in [-0.4, -0.2) is 38.1 Å². The maximum atomic E-state index is 11.0. The average Bonchev–Trinajstić information content (AvgIpc) is 2.03. The lowest BCUT2D eigenvalue weighted by molar-refractivity contribution is -0.136. The van der Waals surface area contributed by atoms with E-state index in [2.05, 4.69) is 9.64 Å². The van der Waals surface area contributed by atoms with Crippen LogP contribution in [0.15, 0.2) is 11.6 Å². The fourth-order valence-corrected chi connectivity index (χ4v) is 1.17. The van der Waals surface area contributed by atoms with E-state index in [1.807, 2.05) is 13.1 Å². The van der Waals surface area contributed by atoms with Crippen LogP contribution in [0.1, 0.15) is 6.42 Å². The molecule has 0 aromatic rings. The molecule has 1 heterocycles. The minimum absolute atomic E-state index is 0. The van der Waals surface area contributed by atoms with Gasteiger partial charge in [-0.05, 0) is 13.5 Å². The van der Waals surface area contributed by atoms with Crippen LogP contribution in [0.5, 0.6) is 0 Å². The number of methoxy groups -OCH3 is 1. The van der Waals surface area contributed by atoms with Crippen molar-refractivity contribution >= 4 is 5.97 Å². The summed E-state index contributed by atoms with van der Waals surface area (Å²) in [6, 6.07) is 0. The fraction of sp³-hybridized carbons (Fsp3) is 0.625. The van der Waals surface area contributed by atoms with Gasteiger partial charge in [-0.25, -0.2) is 4.79 Å². The first kappa shape index (κ1) is 11.6. The molecule has 70 valence electrons. The average molecular weight is 235 g/mol. The number of ether oxygens (including phenoxy) is 1. The minimum Gasteiger partial charge on any atom is -1.00 e. The summed E-state index contributed by atoms with van der Waals surface area (Å²) in [5.74, 6) is -0.198. The van der Waals surface area contributed by atoms with Gasteiger partial charge in [0.2, 0.25) is 0 Å². The molecular formula is C8H13BrNO2-. The number of esters is 1. The third-order valence-electron chi connectivity index (χ3n) is 1.79. The molecule has 0 amide bonds. The van der Waals surface area contributed by atoms with Crippen molar-refractivity contribution in [1.82, 2.24) is 4.90 Å². The van der Waals surface area contributed by atoms with Crippen molar-refractivity contribution < 1.29 is 26.5 Å². The van der Waals surface area contributed by atoms with Crippen LogP contribution in [0.3, 0.4) is 0 Å². The van der Waals surface area contributed by atoms with Crippen molar-refractivity contribution in [2.24, 2.45) is 0 Å². The molecule has 0 saturated heterocycles. The Kier molecular flexibility index (Phi) is 5.17. The van der Waals surface area contributed by atoms with Crippen molar-refractivity contribution in [2.45, 2.75) is 6.42 Å². The number of nitrogens with zero attached hydrogens (tertiary/aromatic N) is 1. The van der Waals surface area contributed by atoms with Gasteiger partial charge in [-0.1, -0.05) is 6.08 Å². The number of rotatable bonds is 1. The summed E-state index contributed by atoms with van der Waals surface area (Å²) in [5, 5.41) is 0. The molecule has 0 aliphatic carbocycles. The molecule has 1 aliphatic heterocycles. The van der Waals surface area contributed by atoms with Gasteiger partial charge in [0.15, 0.2) is 0 Å². The van der Waals surface area contributed by atoms with Gasteiger partial charge in [-0.2, -0.15) is 0 Å². The highest BCUT2D eigenvalue weighted by Crippen LogP contribution is 2.08. The zero-order chi connectivity index (χ0) is 8.27. The Morgan fingerprint density at radius 1 is 1.67 bits per heavy atom. The number of hydrogen-bond donors (Lipinski definition) is 0. The van der Waals surface area contributed by atoms with Gasteiger partial charge < -0.3 is 26.6 Å². The Labute approximate surface area is 83.1 Å². The van der Waals surface area contributed by atoms with Gasteiger partial charge in [-0.3, -0.25) is 0 Å². The van der Waals surface area contributed by atoms with E-state index in [9.17, 15) is 4.79 Å². The Morgan fingerprint density at radius 3 is 2.83 bits per heavy atom. The highest BCUT2D eigenvalue weighted by molar-refractivity contribution is 5.88. The molecule has 0 N–H and O–H groups in total. The SMILES string of the molecule is COC(=O)C1=CCCN(C)C1.[Br-]. The van der Waals surface area contributed by atoms with E-state index >= 15 is 0 Å². The van der Waals surface area contributed by atoms with Crippen LogP contribution >= 0.6 is 0 Å². The zero-order valence-corrected chi connectivity index (χ0v) is 8.93. The Balaban J connectivity index is 0.00000121. The lowest BCUT2D eigenvalue weighted by Gasteiger charge is -2.21. The van der Waals surface area contributed by atoms with Gasteiger partial charge in [0, 0.05) is 18.7 Å². The van der Waals surface area contributed by atoms with Gasteiger partial charge in [0.1, 0.15) is 0 Å². The van der Waals surface area contributed by atoms with Gasteiger partial charge in [0.25, 0.3) is 0 Å². The first-order valence-electron chi connectivity index (χ1n) is 3.70. The summed E-state index contributed by atoms with van der Waals surface area (Å²) >= 11 is 0. The van der Waals surface area contributed by atoms with Crippen LogP contribution in [0, 0.1) is 0 Å². The molecule has 0 bridgehead atoms. The maximum absolute atomic E-state index is 11.0. The quantitative estimate of drug-likeness (QED) is 0.468. The van der Waals surface area contributed by atoms with Crippen molar-refractivity contribution in [3.63, 3.8) is 0 Å². The summed E-state index contributed by atoms with van der Waals surface area (Å²) in [6.45, 7) is 1.74. The van der Waals surface area contributed by atoms with Crippen molar-refractivity contribution in [1.29, 1.82) is 0 Å². The van der Waals surface area contributed by atoms with Crippen LogP contribution in [0.25, 0.3) is 0 Å². The van der Waals surface area contributed by atoms with E-state index in [1.165, 1.54) is 7.11 Å². The topological polar surface area (TPSA) is 29.5 Å². The smallest absolute Gasteiger partial charge is 0.334 e. The predicted octanol–water partition coefficient (Wildman–Crippen LogP) is -2.57. The molecule has 4 heteroatoms.